The van der Waals surface area contributed by atoms with Crippen LogP contribution in [0.2, 0.25) is 0 Å². The lowest BCUT2D eigenvalue weighted by molar-refractivity contribution is -0.162. The summed E-state index contributed by atoms with van der Waals surface area (Å²) in [6.07, 6.45) is -0.236. The summed E-state index contributed by atoms with van der Waals surface area (Å²) in [6, 6.07) is -2.79. The van der Waals surface area contributed by atoms with Crippen molar-refractivity contribution in [2.24, 2.45) is 11.3 Å². The Labute approximate surface area is 202 Å². The molecule has 8 nitrogen and oxygen atoms in total. The molecule has 0 N–H and O–H groups in total. The third-order valence-corrected chi connectivity index (χ3v) is 6.43. The van der Waals surface area contributed by atoms with Gasteiger partial charge in [0.2, 0.25) is 5.91 Å². The largest absolute Gasteiger partial charge is 0.461 e. The van der Waals surface area contributed by atoms with E-state index >= 15 is 8.78 Å². The van der Waals surface area contributed by atoms with Crippen LogP contribution in [0.3, 0.4) is 0 Å². The highest BCUT2D eigenvalue weighted by atomic mass is 19.3. The monoisotopic (exact) mass is 507 g/mol. The van der Waals surface area contributed by atoms with E-state index in [4.69, 9.17) is 9.47 Å². The van der Waals surface area contributed by atoms with Crippen LogP contribution >= 0.6 is 0 Å². The molecule has 0 aromatic heterocycles. The van der Waals surface area contributed by atoms with Gasteiger partial charge in [0.15, 0.2) is 0 Å². The number of fused-ring (bicyclic) bond motifs is 1. The maximum atomic E-state index is 15.3. The number of hydrogen-bond donors (Lipinski definition) is 0. The molecule has 35 heavy (non-hydrogen) atoms. The summed E-state index contributed by atoms with van der Waals surface area (Å²) in [4.78, 5) is 38.8. The molecule has 3 atom stereocenters. The van der Waals surface area contributed by atoms with Crippen LogP contribution in [0, 0.1) is 11.3 Å². The van der Waals surface area contributed by atoms with E-state index in [2.05, 4.69) is 6.58 Å². The van der Waals surface area contributed by atoms with Gasteiger partial charge in [-0.1, -0.05) is 12.7 Å². The Morgan fingerprint density at radius 1 is 1.09 bits per heavy atom. The van der Waals surface area contributed by atoms with Crippen LogP contribution in [0.1, 0.15) is 47.5 Å². The first-order chi connectivity index (χ1) is 15.9. The quantitative estimate of drug-likeness (QED) is 0.298. The van der Waals surface area contributed by atoms with Gasteiger partial charge in [0, 0.05) is 13.0 Å². The fraction of sp³-hybridized carbons (Fsp3) is 0.783. The second-order valence-electron chi connectivity index (χ2n) is 11.0. The predicted octanol–water partition coefficient (Wildman–Crippen LogP) is 3.47. The molecule has 0 spiro atoms. The minimum Gasteiger partial charge on any atom is -0.461 e. The second kappa shape index (κ2) is 8.94. The van der Waals surface area contributed by atoms with E-state index in [1.165, 1.54) is 6.08 Å². The normalized spacial score (nSPS) is 27.4. The molecule has 0 aromatic rings. The van der Waals surface area contributed by atoms with Crippen molar-refractivity contribution in [1.29, 1.82) is 0 Å². The molecule has 1 aliphatic carbocycles. The van der Waals surface area contributed by atoms with Crippen LogP contribution in [0.25, 0.3) is 0 Å². The van der Waals surface area contributed by atoms with Crippen molar-refractivity contribution in [3.8, 4) is 0 Å². The average molecular weight is 508 g/mol. The number of rotatable bonds is 7. The van der Waals surface area contributed by atoms with E-state index < -0.39 is 71.8 Å². The number of amides is 2. The van der Waals surface area contributed by atoms with Gasteiger partial charge < -0.3 is 9.47 Å². The molecule has 2 aliphatic heterocycles. The van der Waals surface area contributed by atoms with E-state index in [-0.39, 0.29) is 26.1 Å². The van der Waals surface area contributed by atoms with Crippen LogP contribution in [0.5, 0.6) is 0 Å². The average Bonchev–Trinajstić information content (AvgIpc) is 3.06. The van der Waals surface area contributed by atoms with Crippen molar-refractivity contribution in [2.45, 2.75) is 77.0 Å². The van der Waals surface area contributed by atoms with E-state index in [1.807, 2.05) is 0 Å². The van der Waals surface area contributed by atoms with Gasteiger partial charge in [-0.2, -0.15) is 0 Å². The van der Waals surface area contributed by atoms with Crippen molar-refractivity contribution in [1.82, 2.24) is 14.9 Å². The topological polar surface area (TPSA) is 79.4 Å². The Balaban J connectivity index is 1.86. The molecular formula is C23H33F4N3O5. The first-order valence-corrected chi connectivity index (χ1v) is 11.5. The number of halogens is 4. The van der Waals surface area contributed by atoms with Crippen molar-refractivity contribution in [2.75, 3.05) is 26.2 Å². The number of hydrogen-bond acceptors (Lipinski definition) is 6. The molecule has 0 aromatic carbocycles. The summed E-state index contributed by atoms with van der Waals surface area (Å²) in [6.45, 7) is 9.84. The molecule has 0 unspecified atom stereocenters. The minimum atomic E-state index is -3.45. The molecule has 3 rings (SSSR count). The summed E-state index contributed by atoms with van der Waals surface area (Å²) in [5, 5.41) is 1.95. The summed E-state index contributed by atoms with van der Waals surface area (Å²) < 4.78 is 68.3. The van der Waals surface area contributed by atoms with Gasteiger partial charge in [0.1, 0.15) is 24.2 Å². The molecule has 2 amide bonds. The zero-order valence-electron chi connectivity index (χ0n) is 20.7. The number of carbonyl (C=O) groups is 3. The van der Waals surface area contributed by atoms with Crippen LogP contribution in [-0.4, -0.2) is 88.7 Å². The van der Waals surface area contributed by atoms with Crippen molar-refractivity contribution >= 4 is 18.0 Å². The van der Waals surface area contributed by atoms with Gasteiger partial charge in [-0.3, -0.25) is 19.5 Å². The fourth-order valence-electron chi connectivity index (χ4n) is 4.42. The Morgan fingerprint density at radius 3 is 2.20 bits per heavy atom. The number of ether oxygens (including phenoxy) is 2. The number of carbonyl (C=O) groups excluding carboxylic acids is 3. The van der Waals surface area contributed by atoms with E-state index in [0.717, 1.165) is 14.9 Å². The maximum absolute atomic E-state index is 15.3. The molecule has 198 valence electrons. The van der Waals surface area contributed by atoms with Gasteiger partial charge in [-0.05, 0) is 41.0 Å². The number of alkyl halides is 4. The van der Waals surface area contributed by atoms with E-state index in [0.29, 0.717) is 0 Å². The van der Waals surface area contributed by atoms with Crippen molar-refractivity contribution in [3.05, 3.63) is 12.7 Å². The lowest BCUT2D eigenvalue weighted by Crippen LogP contribution is -2.53. The van der Waals surface area contributed by atoms with Gasteiger partial charge in [0.05, 0.1) is 24.5 Å². The van der Waals surface area contributed by atoms with E-state index in [1.54, 1.807) is 34.6 Å². The highest BCUT2D eigenvalue weighted by molar-refractivity contribution is 5.83. The van der Waals surface area contributed by atoms with Crippen molar-refractivity contribution in [3.63, 3.8) is 0 Å². The zero-order valence-corrected chi connectivity index (χ0v) is 20.7. The lowest BCUT2D eigenvalue weighted by atomic mass is 9.89. The molecule has 2 heterocycles. The first kappa shape index (κ1) is 27.2. The number of likely N-dealkylation sites (tertiary alicyclic amines) is 1. The van der Waals surface area contributed by atoms with Crippen LogP contribution in [0.15, 0.2) is 12.7 Å². The molecule has 3 aliphatic rings. The fourth-order valence-corrected chi connectivity index (χ4v) is 4.42. The number of hydrazine groups is 1. The minimum absolute atomic E-state index is 0.000443. The molecule has 1 saturated carbocycles. The predicted molar refractivity (Wildman–Crippen MR) is 116 cm³/mol. The standard InChI is InChI=1S/C23H33F4N3O5/c1-7-10-34-18(32)21(5,6)8-9-29-16-15(12-30(29)17(31)14-11-22(14,24)25)28(13-23(16,26)27)19(33)35-20(2,3)4/h7,14-16H,1,8-13H2,2-6H3/t14-,15-,16+/m1/s1. The third-order valence-electron chi connectivity index (χ3n) is 6.43. The van der Waals surface area contributed by atoms with Crippen molar-refractivity contribution < 1.29 is 41.4 Å². The zero-order chi connectivity index (χ0) is 26.6. The Morgan fingerprint density at radius 2 is 1.69 bits per heavy atom. The van der Waals surface area contributed by atoms with Crippen LogP contribution in [-0.2, 0) is 19.1 Å². The lowest BCUT2D eigenvalue weighted by Gasteiger charge is -2.35. The van der Waals surface area contributed by atoms with Gasteiger partial charge >= 0.3 is 12.1 Å². The second-order valence-corrected chi connectivity index (χ2v) is 11.0. The number of nitrogens with zero attached hydrogens (tertiary/aromatic N) is 3. The van der Waals surface area contributed by atoms with Crippen LogP contribution in [0.4, 0.5) is 22.4 Å². The summed E-state index contributed by atoms with van der Waals surface area (Å²) >= 11 is 0. The van der Waals surface area contributed by atoms with Gasteiger partial charge in [0.25, 0.3) is 11.8 Å². The summed E-state index contributed by atoms with van der Waals surface area (Å²) in [5.74, 6) is -9.81. The SMILES string of the molecule is C=CCOC(=O)C(C)(C)CCN1[C@H]2[C@@H](CN1C(=O)[C@H]1CC1(F)F)N(C(=O)OC(C)(C)C)CC2(F)F. The third kappa shape index (κ3) is 5.57. The van der Waals surface area contributed by atoms with Gasteiger partial charge in [-0.25, -0.2) is 27.4 Å². The molecule has 12 heteroatoms. The molecule has 2 saturated heterocycles. The molecule has 0 radical (unpaired) electrons. The van der Waals surface area contributed by atoms with Crippen LogP contribution < -0.4 is 0 Å². The Bertz CT molecular complexity index is 889. The highest BCUT2D eigenvalue weighted by Gasteiger charge is 2.68. The molecule has 3 fully saturated rings. The Kier molecular flexibility index (Phi) is 6.95. The van der Waals surface area contributed by atoms with E-state index in [9.17, 15) is 23.2 Å². The Hall–Kier alpha value is -2.37. The highest BCUT2D eigenvalue weighted by Crippen LogP contribution is 2.51. The summed E-state index contributed by atoms with van der Waals surface area (Å²) in [5.41, 5.74) is -2.05. The number of esters is 1. The smallest absolute Gasteiger partial charge is 0.410 e. The maximum Gasteiger partial charge on any atom is 0.410 e. The molecule has 0 bridgehead atoms. The molecular weight excluding hydrogens is 474 g/mol. The first-order valence-electron chi connectivity index (χ1n) is 11.5. The summed E-state index contributed by atoms with van der Waals surface area (Å²) in [7, 11) is 0. The van der Waals surface area contributed by atoms with Gasteiger partial charge in [-0.15, -0.1) is 0 Å².